The van der Waals surface area contributed by atoms with Gasteiger partial charge in [0.1, 0.15) is 0 Å². The molecule has 0 saturated carbocycles. The van der Waals surface area contributed by atoms with Gasteiger partial charge in [-0.2, -0.15) is 0 Å². The van der Waals surface area contributed by atoms with Crippen molar-refractivity contribution in [3.8, 4) is 11.5 Å². The number of nitrogens with one attached hydrogen (secondary N) is 1. The van der Waals surface area contributed by atoms with Crippen LogP contribution in [0.25, 0.3) is 10.9 Å². The zero-order chi connectivity index (χ0) is 19.4. The predicted octanol–water partition coefficient (Wildman–Crippen LogP) is 4.99. The highest BCUT2D eigenvalue weighted by atomic mass is 16.6. The maximum absolute atomic E-state index is 10.9. The highest BCUT2D eigenvalue weighted by molar-refractivity contribution is 5.95. The second kappa shape index (κ2) is 7.90. The number of hydrogen-bond donors (Lipinski definition) is 1. The minimum atomic E-state index is -0.401. The molecule has 1 heterocycles. The van der Waals surface area contributed by atoms with Crippen LogP contribution < -0.4 is 14.8 Å². The van der Waals surface area contributed by atoms with Crippen molar-refractivity contribution in [2.75, 3.05) is 18.5 Å². The van der Waals surface area contributed by atoms with Crippen LogP contribution in [0.1, 0.15) is 19.4 Å². The van der Waals surface area contributed by atoms with Crippen LogP contribution in [0.3, 0.4) is 0 Å². The van der Waals surface area contributed by atoms with Gasteiger partial charge in [0.05, 0.1) is 23.7 Å². The van der Waals surface area contributed by atoms with Gasteiger partial charge >= 0.3 is 0 Å². The number of non-ortho nitro benzene ring substituents is 1. The number of nitrogens with zero attached hydrogens (tertiary/aromatic N) is 2. The molecule has 27 heavy (non-hydrogen) atoms. The molecule has 0 fully saturated rings. The van der Waals surface area contributed by atoms with E-state index in [1.54, 1.807) is 18.3 Å². The van der Waals surface area contributed by atoms with Gasteiger partial charge in [0.2, 0.25) is 0 Å². The van der Waals surface area contributed by atoms with E-state index >= 15 is 0 Å². The summed E-state index contributed by atoms with van der Waals surface area (Å²) in [7, 11) is 0. The van der Waals surface area contributed by atoms with Crippen LogP contribution in [-0.4, -0.2) is 23.1 Å². The number of nitro benzene ring substituents is 1. The Morgan fingerprint density at radius 3 is 2.37 bits per heavy atom. The maximum atomic E-state index is 10.9. The van der Waals surface area contributed by atoms with E-state index in [1.807, 2.05) is 39.0 Å². The van der Waals surface area contributed by atoms with Crippen molar-refractivity contribution in [3.05, 3.63) is 58.3 Å². The quantitative estimate of drug-likeness (QED) is 0.467. The van der Waals surface area contributed by atoms with Crippen molar-refractivity contribution in [1.29, 1.82) is 0 Å². The first kappa shape index (κ1) is 18.4. The molecule has 0 atom stereocenters. The highest BCUT2D eigenvalue weighted by Gasteiger charge is 2.13. The first-order valence-electron chi connectivity index (χ1n) is 8.74. The fourth-order valence-corrected chi connectivity index (χ4v) is 2.85. The van der Waals surface area contributed by atoms with E-state index < -0.39 is 4.92 Å². The lowest BCUT2D eigenvalue weighted by Crippen LogP contribution is -2.00. The molecule has 7 heteroatoms. The molecule has 0 bridgehead atoms. The van der Waals surface area contributed by atoms with E-state index in [1.165, 1.54) is 6.07 Å². The van der Waals surface area contributed by atoms with Gasteiger partial charge in [0.25, 0.3) is 5.69 Å². The fourth-order valence-electron chi connectivity index (χ4n) is 2.85. The molecule has 3 aromatic rings. The first-order valence-corrected chi connectivity index (χ1v) is 8.74. The third-order valence-electron chi connectivity index (χ3n) is 4.10. The maximum Gasteiger partial charge on any atom is 0.269 e. The number of hydrogen-bond acceptors (Lipinski definition) is 6. The number of benzene rings is 2. The van der Waals surface area contributed by atoms with Gasteiger partial charge in [0.15, 0.2) is 11.5 Å². The van der Waals surface area contributed by atoms with Gasteiger partial charge in [-0.05, 0) is 44.5 Å². The van der Waals surface area contributed by atoms with Gasteiger partial charge in [-0.3, -0.25) is 15.1 Å². The number of anilines is 2. The Hall–Kier alpha value is -3.35. The second-order valence-corrected chi connectivity index (χ2v) is 5.92. The van der Waals surface area contributed by atoms with Crippen LogP contribution in [-0.2, 0) is 0 Å². The Balaban J connectivity index is 2.04. The first-order chi connectivity index (χ1) is 13.0. The Labute approximate surface area is 157 Å². The third-order valence-corrected chi connectivity index (χ3v) is 4.10. The van der Waals surface area contributed by atoms with Crippen molar-refractivity contribution >= 4 is 28.0 Å². The van der Waals surface area contributed by atoms with Crippen LogP contribution >= 0.6 is 0 Å². The minimum absolute atomic E-state index is 0.0672. The summed E-state index contributed by atoms with van der Waals surface area (Å²) in [5.41, 5.74) is 3.25. The normalized spacial score (nSPS) is 10.6. The van der Waals surface area contributed by atoms with Crippen LogP contribution in [0.2, 0.25) is 0 Å². The minimum Gasteiger partial charge on any atom is -0.490 e. The molecule has 2 aromatic carbocycles. The largest absolute Gasteiger partial charge is 0.490 e. The number of ether oxygens (including phenoxy) is 2. The van der Waals surface area contributed by atoms with Crippen molar-refractivity contribution < 1.29 is 14.4 Å². The van der Waals surface area contributed by atoms with Crippen molar-refractivity contribution in [1.82, 2.24) is 4.98 Å². The molecule has 7 nitrogen and oxygen atoms in total. The van der Waals surface area contributed by atoms with E-state index in [-0.39, 0.29) is 5.69 Å². The molecule has 0 spiro atoms. The molecule has 0 radical (unpaired) electrons. The molecule has 0 aliphatic heterocycles. The highest BCUT2D eigenvalue weighted by Crippen LogP contribution is 2.36. The second-order valence-electron chi connectivity index (χ2n) is 5.92. The van der Waals surface area contributed by atoms with E-state index in [9.17, 15) is 10.1 Å². The summed E-state index contributed by atoms with van der Waals surface area (Å²) in [6.45, 7) is 6.73. The molecule has 0 aliphatic carbocycles. The molecular formula is C20H21N3O4. The third kappa shape index (κ3) is 3.92. The van der Waals surface area contributed by atoms with Crippen LogP contribution in [0.4, 0.5) is 17.1 Å². The van der Waals surface area contributed by atoms with Crippen molar-refractivity contribution in [3.63, 3.8) is 0 Å². The summed E-state index contributed by atoms with van der Waals surface area (Å²) in [6.07, 6.45) is 1.71. The molecule has 1 N–H and O–H groups in total. The molecule has 3 rings (SSSR count). The van der Waals surface area contributed by atoms with Crippen LogP contribution in [0.5, 0.6) is 11.5 Å². The number of fused-ring (bicyclic) bond motifs is 1. The fraction of sp³-hybridized carbons (Fsp3) is 0.250. The molecule has 1 aromatic heterocycles. The summed E-state index contributed by atoms with van der Waals surface area (Å²) < 4.78 is 11.4. The summed E-state index contributed by atoms with van der Waals surface area (Å²) in [5.74, 6) is 1.31. The topological polar surface area (TPSA) is 86.5 Å². The average molecular weight is 367 g/mol. The molecular weight excluding hydrogens is 346 g/mol. The summed E-state index contributed by atoms with van der Waals surface area (Å²) in [5, 5.41) is 15.2. The standard InChI is InChI=1S/C20H21N3O4/c1-4-26-19-11-15-17(8-9-21-18(15)12-20(19)27-5-2)22-16-7-6-14(23(24)25)10-13(16)3/h6-12H,4-5H2,1-3H3,(H,21,22). The lowest BCUT2D eigenvalue weighted by atomic mass is 10.1. The Kier molecular flexibility index (Phi) is 5.40. The number of aromatic nitrogens is 1. The number of rotatable bonds is 7. The van der Waals surface area contributed by atoms with Gasteiger partial charge in [0, 0.05) is 41.2 Å². The monoisotopic (exact) mass is 367 g/mol. The van der Waals surface area contributed by atoms with Gasteiger partial charge in [-0.15, -0.1) is 0 Å². The molecule has 0 saturated heterocycles. The SMILES string of the molecule is CCOc1cc2nccc(Nc3ccc([N+](=O)[O-])cc3C)c2cc1OCC. The van der Waals surface area contributed by atoms with E-state index in [2.05, 4.69) is 10.3 Å². The smallest absolute Gasteiger partial charge is 0.269 e. The van der Waals surface area contributed by atoms with E-state index in [0.717, 1.165) is 27.8 Å². The predicted molar refractivity (Wildman–Crippen MR) is 105 cm³/mol. The lowest BCUT2D eigenvalue weighted by molar-refractivity contribution is -0.384. The Morgan fingerprint density at radius 2 is 1.74 bits per heavy atom. The Bertz CT molecular complexity index is 988. The summed E-state index contributed by atoms with van der Waals surface area (Å²) in [4.78, 5) is 15.0. The van der Waals surface area contributed by atoms with E-state index in [0.29, 0.717) is 24.7 Å². The number of pyridine rings is 1. The molecule has 0 amide bonds. The van der Waals surface area contributed by atoms with Gasteiger partial charge in [-0.1, -0.05) is 0 Å². The Morgan fingerprint density at radius 1 is 1.04 bits per heavy atom. The zero-order valence-electron chi connectivity index (χ0n) is 15.5. The van der Waals surface area contributed by atoms with Gasteiger partial charge in [-0.25, -0.2) is 0 Å². The van der Waals surface area contributed by atoms with Crippen molar-refractivity contribution in [2.24, 2.45) is 0 Å². The molecule has 140 valence electrons. The van der Waals surface area contributed by atoms with Crippen LogP contribution in [0, 0.1) is 17.0 Å². The molecule has 0 unspecified atom stereocenters. The zero-order valence-corrected chi connectivity index (χ0v) is 15.5. The van der Waals surface area contributed by atoms with Crippen LogP contribution in [0.15, 0.2) is 42.6 Å². The number of nitro groups is 1. The summed E-state index contributed by atoms with van der Waals surface area (Å²) in [6, 6.07) is 10.4. The lowest BCUT2D eigenvalue weighted by Gasteiger charge is -2.15. The number of aryl methyl sites for hydroxylation is 1. The van der Waals surface area contributed by atoms with E-state index in [4.69, 9.17) is 9.47 Å². The average Bonchev–Trinajstić information content (AvgIpc) is 2.64. The van der Waals surface area contributed by atoms with Gasteiger partial charge < -0.3 is 14.8 Å². The molecule has 0 aliphatic rings. The van der Waals surface area contributed by atoms with Crippen molar-refractivity contribution in [2.45, 2.75) is 20.8 Å². The summed E-state index contributed by atoms with van der Waals surface area (Å²) >= 11 is 0.